The first-order valence-electron chi connectivity index (χ1n) is 5.36. The Morgan fingerprint density at radius 1 is 1.00 bits per heavy atom. The van der Waals surface area contributed by atoms with E-state index >= 15 is 0 Å². The van der Waals surface area contributed by atoms with Gasteiger partial charge in [-0.2, -0.15) is 13.2 Å². The molecule has 19 heavy (non-hydrogen) atoms. The van der Waals surface area contributed by atoms with Crippen LogP contribution in [0.4, 0.5) is 17.6 Å². The molecular weight excluding hydrogens is 256 g/mol. The quantitative estimate of drug-likeness (QED) is 0.525. The molecule has 0 amide bonds. The van der Waals surface area contributed by atoms with E-state index in [-0.39, 0.29) is 5.56 Å². The second-order valence-corrected chi connectivity index (χ2v) is 3.88. The highest BCUT2D eigenvalue weighted by Crippen LogP contribution is 2.34. The fourth-order valence-corrected chi connectivity index (χ4v) is 1.77. The van der Waals surface area contributed by atoms with Gasteiger partial charge in [-0.1, -0.05) is 30.2 Å². The lowest BCUT2D eigenvalue weighted by Crippen LogP contribution is -2.08. The Morgan fingerprint density at radius 2 is 1.68 bits per heavy atom. The van der Waals surface area contributed by atoms with E-state index in [0.29, 0.717) is 11.1 Å². The summed E-state index contributed by atoms with van der Waals surface area (Å²) in [6.45, 7) is 0. The van der Waals surface area contributed by atoms with Crippen LogP contribution in [0.2, 0.25) is 0 Å². The molecule has 0 saturated heterocycles. The number of rotatable bonds is 1. The maximum atomic E-state index is 13.2. The average molecular weight is 264 g/mol. The summed E-state index contributed by atoms with van der Waals surface area (Å²) in [5, 5.41) is 0. The number of terminal acetylenes is 1. The molecular formula is C15H8F4. The normalized spacial score (nSPS) is 11.1. The van der Waals surface area contributed by atoms with E-state index < -0.39 is 17.6 Å². The molecule has 0 unspecified atom stereocenters. The van der Waals surface area contributed by atoms with Crippen molar-refractivity contribution in [1.29, 1.82) is 0 Å². The predicted octanol–water partition coefficient (Wildman–Crippen LogP) is 4.49. The molecule has 0 fully saturated rings. The van der Waals surface area contributed by atoms with Gasteiger partial charge >= 0.3 is 6.18 Å². The summed E-state index contributed by atoms with van der Waals surface area (Å²) >= 11 is 0. The summed E-state index contributed by atoms with van der Waals surface area (Å²) in [7, 11) is 0. The molecule has 2 aromatic rings. The van der Waals surface area contributed by atoms with Gasteiger partial charge in [-0.3, -0.25) is 0 Å². The third-order valence-corrected chi connectivity index (χ3v) is 2.67. The van der Waals surface area contributed by atoms with Crippen molar-refractivity contribution < 1.29 is 17.6 Å². The predicted molar refractivity (Wildman–Crippen MR) is 64.8 cm³/mol. The van der Waals surface area contributed by atoms with Gasteiger partial charge in [0, 0.05) is 5.56 Å². The van der Waals surface area contributed by atoms with Crippen LogP contribution >= 0.6 is 0 Å². The van der Waals surface area contributed by atoms with Crippen LogP contribution in [0.1, 0.15) is 11.1 Å². The second kappa shape index (κ2) is 4.77. The molecule has 0 nitrogen and oxygen atoms in total. The first kappa shape index (κ1) is 13.2. The minimum atomic E-state index is -4.73. The molecule has 4 heteroatoms. The number of hydrogen-bond acceptors (Lipinski definition) is 0. The molecule has 0 saturated carbocycles. The summed E-state index contributed by atoms with van der Waals surface area (Å²) in [4.78, 5) is 0. The van der Waals surface area contributed by atoms with Crippen molar-refractivity contribution in [3.63, 3.8) is 0 Å². The summed E-state index contributed by atoms with van der Waals surface area (Å²) in [5.41, 5.74) is -0.128. The summed E-state index contributed by atoms with van der Waals surface area (Å²) < 4.78 is 51.1. The summed E-state index contributed by atoms with van der Waals surface area (Å²) in [5.74, 6) is 1.10. The topological polar surface area (TPSA) is 0 Å². The fraction of sp³-hybridized carbons (Fsp3) is 0.0667. The lowest BCUT2D eigenvalue weighted by atomic mass is 9.98. The molecule has 0 heterocycles. The van der Waals surface area contributed by atoms with Gasteiger partial charge in [0.15, 0.2) is 0 Å². The van der Waals surface area contributed by atoms with Gasteiger partial charge in [0.1, 0.15) is 5.82 Å². The van der Waals surface area contributed by atoms with Crippen molar-refractivity contribution >= 4 is 0 Å². The maximum absolute atomic E-state index is 13.2. The Kier molecular flexibility index (Phi) is 3.30. The highest BCUT2D eigenvalue weighted by molar-refractivity contribution is 5.71. The third-order valence-electron chi connectivity index (χ3n) is 2.67. The molecule has 0 aliphatic carbocycles. The van der Waals surface area contributed by atoms with Gasteiger partial charge < -0.3 is 0 Å². The molecule has 0 spiro atoms. The monoisotopic (exact) mass is 264 g/mol. The van der Waals surface area contributed by atoms with Crippen LogP contribution in [0.5, 0.6) is 0 Å². The van der Waals surface area contributed by atoms with E-state index in [1.54, 1.807) is 24.3 Å². The van der Waals surface area contributed by atoms with Crippen LogP contribution in [-0.4, -0.2) is 0 Å². The molecule has 0 N–H and O–H groups in total. The Balaban J connectivity index is 2.62. The first-order valence-corrected chi connectivity index (χ1v) is 5.36. The van der Waals surface area contributed by atoms with Gasteiger partial charge in [0.25, 0.3) is 0 Å². The first-order chi connectivity index (χ1) is 8.93. The van der Waals surface area contributed by atoms with E-state index in [2.05, 4.69) is 5.92 Å². The van der Waals surface area contributed by atoms with E-state index in [4.69, 9.17) is 6.42 Å². The van der Waals surface area contributed by atoms with E-state index in [0.717, 1.165) is 12.1 Å². The molecule has 2 aromatic carbocycles. The average Bonchev–Trinajstić information content (AvgIpc) is 2.38. The maximum Gasteiger partial charge on any atom is 0.419 e. The third kappa shape index (κ3) is 2.60. The van der Waals surface area contributed by atoms with Gasteiger partial charge in [-0.05, 0) is 29.3 Å². The SMILES string of the molecule is C#Cc1ccccc1-c1ccc(F)c(C(F)(F)F)c1. The molecule has 0 radical (unpaired) electrons. The van der Waals surface area contributed by atoms with Crippen molar-refractivity contribution in [2.24, 2.45) is 0 Å². The fourth-order valence-electron chi connectivity index (χ4n) is 1.77. The van der Waals surface area contributed by atoms with Crippen molar-refractivity contribution in [3.05, 3.63) is 59.4 Å². The van der Waals surface area contributed by atoms with Crippen molar-refractivity contribution in [3.8, 4) is 23.5 Å². The number of halogens is 4. The smallest absolute Gasteiger partial charge is 0.206 e. The number of alkyl halides is 3. The van der Waals surface area contributed by atoms with Crippen LogP contribution < -0.4 is 0 Å². The molecule has 96 valence electrons. The Labute approximate surface area is 107 Å². The highest BCUT2D eigenvalue weighted by Gasteiger charge is 2.34. The number of benzene rings is 2. The molecule has 2 rings (SSSR count). The number of hydrogen-bond donors (Lipinski definition) is 0. The van der Waals surface area contributed by atoms with Crippen LogP contribution in [0.3, 0.4) is 0 Å². The standard InChI is InChI=1S/C15H8F4/c1-2-10-5-3-4-6-12(10)11-7-8-14(16)13(9-11)15(17,18)19/h1,3-9H. The summed E-state index contributed by atoms with van der Waals surface area (Å²) in [6, 6.07) is 9.41. The molecule has 0 aromatic heterocycles. The highest BCUT2D eigenvalue weighted by atomic mass is 19.4. The lowest BCUT2D eigenvalue weighted by Gasteiger charge is -2.11. The van der Waals surface area contributed by atoms with Crippen molar-refractivity contribution in [1.82, 2.24) is 0 Å². The van der Waals surface area contributed by atoms with Gasteiger partial charge in [-0.15, -0.1) is 6.42 Å². The molecule has 0 aliphatic heterocycles. The molecule has 0 bridgehead atoms. The Morgan fingerprint density at radius 3 is 2.32 bits per heavy atom. The van der Waals surface area contributed by atoms with Crippen LogP contribution in [0, 0.1) is 18.2 Å². The van der Waals surface area contributed by atoms with Crippen molar-refractivity contribution in [2.45, 2.75) is 6.18 Å². The van der Waals surface area contributed by atoms with Crippen LogP contribution in [0.25, 0.3) is 11.1 Å². The minimum Gasteiger partial charge on any atom is -0.206 e. The Hall–Kier alpha value is -2.28. The van der Waals surface area contributed by atoms with Crippen LogP contribution in [-0.2, 0) is 6.18 Å². The van der Waals surface area contributed by atoms with E-state index in [1.807, 2.05) is 0 Å². The largest absolute Gasteiger partial charge is 0.419 e. The van der Waals surface area contributed by atoms with Crippen molar-refractivity contribution in [2.75, 3.05) is 0 Å². The van der Waals surface area contributed by atoms with E-state index in [9.17, 15) is 17.6 Å². The zero-order chi connectivity index (χ0) is 14.0. The zero-order valence-corrected chi connectivity index (χ0v) is 9.63. The van der Waals surface area contributed by atoms with Crippen LogP contribution in [0.15, 0.2) is 42.5 Å². The molecule has 0 atom stereocenters. The van der Waals surface area contributed by atoms with Gasteiger partial charge in [0.05, 0.1) is 5.56 Å². The summed E-state index contributed by atoms with van der Waals surface area (Å²) in [6.07, 6.45) is 0.564. The van der Waals surface area contributed by atoms with Gasteiger partial charge in [-0.25, -0.2) is 4.39 Å². The Bertz CT molecular complexity index is 648. The second-order valence-electron chi connectivity index (χ2n) is 3.88. The van der Waals surface area contributed by atoms with Gasteiger partial charge in [0.2, 0.25) is 0 Å². The minimum absolute atomic E-state index is 0.238. The zero-order valence-electron chi connectivity index (χ0n) is 9.63. The molecule has 0 aliphatic rings. The van der Waals surface area contributed by atoms with E-state index in [1.165, 1.54) is 6.07 Å². The lowest BCUT2D eigenvalue weighted by molar-refractivity contribution is -0.139.